The molecule has 2 N–H and O–H groups in total. The van der Waals surface area contributed by atoms with Crippen molar-refractivity contribution in [3.63, 3.8) is 0 Å². The van der Waals surface area contributed by atoms with Gasteiger partial charge in [0.15, 0.2) is 0 Å². The van der Waals surface area contributed by atoms with Gasteiger partial charge in [-0.3, -0.25) is 0 Å². The van der Waals surface area contributed by atoms with Crippen LogP contribution in [-0.4, -0.2) is 30.8 Å². The number of rotatable bonds is 4. The smallest absolute Gasteiger partial charge is 0.315 e. The SMILES string of the molecule is CCOC1CC(NC(=O)NC2CCC[C@@H]3C[C@H]23)C1. The minimum absolute atomic E-state index is 0.0347. The van der Waals surface area contributed by atoms with Crippen molar-refractivity contribution in [3.8, 4) is 0 Å². The predicted molar refractivity (Wildman–Crippen MR) is 69.3 cm³/mol. The summed E-state index contributed by atoms with van der Waals surface area (Å²) < 4.78 is 5.49. The Labute approximate surface area is 109 Å². The lowest BCUT2D eigenvalue weighted by molar-refractivity contribution is -0.00718. The van der Waals surface area contributed by atoms with E-state index in [9.17, 15) is 4.79 Å². The molecule has 0 saturated heterocycles. The van der Waals surface area contributed by atoms with Crippen molar-refractivity contribution < 1.29 is 9.53 Å². The summed E-state index contributed by atoms with van der Waals surface area (Å²) in [6.07, 6.45) is 7.46. The van der Waals surface area contributed by atoms with Gasteiger partial charge in [0.1, 0.15) is 0 Å². The molecule has 3 aliphatic carbocycles. The number of amides is 2. The van der Waals surface area contributed by atoms with E-state index in [2.05, 4.69) is 10.6 Å². The van der Waals surface area contributed by atoms with Crippen LogP contribution in [-0.2, 0) is 4.74 Å². The van der Waals surface area contributed by atoms with E-state index in [0.717, 1.165) is 31.3 Å². The number of carbonyl (C=O) groups excluding carboxylic acids is 1. The molecule has 3 atom stereocenters. The van der Waals surface area contributed by atoms with Gasteiger partial charge in [-0.15, -0.1) is 0 Å². The third-order valence-electron chi connectivity index (χ3n) is 4.73. The van der Waals surface area contributed by atoms with Gasteiger partial charge < -0.3 is 15.4 Å². The summed E-state index contributed by atoms with van der Waals surface area (Å²) in [5, 5.41) is 6.23. The minimum Gasteiger partial charge on any atom is -0.378 e. The summed E-state index contributed by atoms with van der Waals surface area (Å²) in [5.74, 6) is 1.69. The first-order valence-corrected chi connectivity index (χ1v) is 7.45. The van der Waals surface area contributed by atoms with E-state index in [1.807, 2.05) is 6.92 Å². The zero-order valence-corrected chi connectivity index (χ0v) is 11.2. The van der Waals surface area contributed by atoms with Gasteiger partial charge in [0.05, 0.1) is 6.10 Å². The van der Waals surface area contributed by atoms with Crippen LogP contribution < -0.4 is 10.6 Å². The number of hydrogen-bond donors (Lipinski definition) is 2. The molecule has 0 radical (unpaired) electrons. The highest BCUT2D eigenvalue weighted by Gasteiger charge is 2.45. The van der Waals surface area contributed by atoms with Crippen molar-refractivity contribution in [1.29, 1.82) is 0 Å². The van der Waals surface area contributed by atoms with Crippen LogP contribution in [0.4, 0.5) is 4.79 Å². The lowest BCUT2D eigenvalue weighted by atomic mass is 9.89. The van der Waals surface area contributed by atoms with Crippen molar-refractivity contribution in [1.82, 2.24) is 10.6 Å². The van der Waals surface area contributed by atoms with Crippen LogP contribution in [0.15, 0.2) is 0 Å². The van der Waals surface area contributed by atoms with Crippen LogP contribution in [0.25, 0.3) is 0 Å². The molecule has 18 heavy (non-hydrogen) atoms. The third kappa shape index (κ3) is 2.63. The summed E-state index contributed by atoms with van der Waals surface area (Å²) in [6, 6.07) is 0.791. The number of nitrogens with one attached hydrogen (secondary N) is 2. The predicted octanol–water partition coefficient (Wildman–Crippen LogP) is 2.04. The molecule has 2 amide bonds. The van der Waals surface area contributed by atoms with Gasteiger partial charge in [-0.2, -0.15) is 0 Å². The lowest BCUT2D eigenvalue weighted by Gasteiger charge is -2.35. The second-order valence-corrected chi connectivity index (χ2v) is 6.06. The van der Waals surface area contributed by atoms with E-state index in [4.69, 9.17) is 4.74 Å². The summed E-state index contributed by atoms with van der Waals surface area (Å²) in [5.41, 5.74) is 0. The molecule has 3 aliphatic rings. The van der Waals surface area contributed by atoms with Gasteiger partial charge in [-0.25, -0.2) is 4.79 Å². The molecule has 102 valence electrons. The highest BCUT2D eigenvalue weighted by atomic mass is 16.5. The van der Waals surface area contributed by atoms with E-state index >= 15 is 0 Å². The fourth-order valence-electron chi connectivity index (χ4n) is 3.54. The van der Waals surface area contributed by atoms with Crippen LogP contribution in [0.1, 0.15) is 45.4 Å². The Hall–Kier alpha value is -0.770. The first-order valence-electron chi connectivity index (χ1n) is 7.45. The first-order chi connectivity index (χ1) is 8.76. The maximum atomic E-state index is 11.9. The van der Waals surface area contributed by atoms with E-state index in [-0.39, 0.29) is 6.03 Å². The molecule has 3 fully saturated rings. The minimum atomic E-state index is 0.0347. The Kier molecular flexibility index (Phi) is 3.46. The number of urea groups is 1. The molecule has 4 nitrogen and oxygen atoms in total. The van der Waals surface area contributed by atoms with Crippen molar-refractivity contribution in [3.05, 3.63) is 0 Å². The van der Waals surface area contributed by atoms with Gasteiger partial charge in [0.25, 0.3) is 0 Å². The third-order valence-corrected chi connectivity index (χ3v) is 4.73. The molecule has 1 unspecified atom stereocenters. The Balaban J connectivity index is 1.35. The van der Waals surface area contributed by atoms with Gasteiger partial charge in [0.2, 0.25) is 0 Å². The second kappa shape index (κ2) is 5.08. The summed E-state index contributed by atoms with van der Waals surface area (Å²) in [7, 11) is 0. The van der Waals surface area contributed by atoms with E-state index < -0.39 is 0 Å². The van der Waals surface area contributed by atoms with Crippen molar-refractivity contribution in [2.75, 3.05) is 6.61 Å². The highest BCUT2D eigenvalue weighted by molar-refractivity contribution is 5.74. The van der Waals surface area contributed by atoms with E-state index in [1.165, 1.54) is 25.7 Å². The van der Waals surface area contributed by atoms with Gasteiger partial charge in [0, 0.05) is 18.7 Å². The van der Waals surface area contributed by atoms with E-state index in [1.54, 1.807) is 0 Å². The molecule has 4 heteroatoms. The monoisotopic (exact) mass is 252 g/mol. The Morgan fingerprint density at radius 1 is 1.22 bits per heavy atom. The van der Waals surface area contributed by atoms with Crippen LogP contribution in [0.3, 0.4) is 0 Å². The fourth-order valence-corrected chi connectivity index (χ4v) is 3.54. The summed E-state index contributed by atoms with van der Waals surface area (Å²) in [4.78, 5) is 11.9. The molecule has 0 aromatic carbocycles. The molecule has 3 saturated carbocycles. The fraction of sp³-hybridized carbons (Fsp3) is 0.929. The van der Waals surface area contributed by atoms with E-state index in [0.29, 0.717) is 18.2 Å². The van der Waals surface area contributed by atoms with Crippen LogP contribution in [0.2, 0.25) is 0 Å². The maximum Gasteiger partial charge on any atom is 0.315 e. The largest absolute Gasteiger partial charge is 0.378 e. The van der Waals surface area contributed by atoms with Crippen molar-refractivity contribution in [2.45, 2.75) is 63.6 Å². The van der Waals surface area contributed by atoms with Crippen molar-refractivity contribution in [2.24, 2.45) is 11.8 Å². The maximum absolute atomic E-state index is 11.9. The van der Waals surface area contributed by atoms with Crippen LogP contribution >= 0.6 is 0 Å². The van der Waals surface area contributed by atoms with Crippen molar-refractivity contribution >= 4 is 6.03 Å². The Morgan fingerprint density at radius 2 is 2.06 bits per heavy atom. The molecule has 0 aromatic heterocycles. The van der Waals surface area contributed by atoms with Gasteiger partial charge >= 0.3 is 6.03 Å². The molecule has 0 bridgehead atoms. The number of hydrogen-bond acceptors (Lipinski definition) is 2. The van der Waals surface area contributed by atoms with Gasteiger partial charge in [-0.05, 0) is 44.4 Å². The Morgan fingerprint density at radius 3 is 2.83 bits per heavy atom. The zero-order valence-electron chi connectivity index (χ0n) is 11.2. The zero-order chi connectivity index (χ0) is 12.5. The standard InChI is InChI=1S/C14H24N2O2/c1-2-18-11-7-10(8-11)15-14(17)16-13-5-3-4-9-6-12(9)13/h9-13H,2-8H2,1H3,(H2,15,16,17)/t9-,10?,11?,12+,13?/m1/s1. The topological polar surface area (TPSA) is 50.4 Å². The highest BCUT2D eigenvalue weighted by Crippen LogP contribution is 2.49. The lowest BCUT2D eigenvalue weighted by Crippen LogP contribution is -2.53. The van der Waals surface area contributed by atoms with Crippen LogP contribution in [0.5, 0.6) is 0 Å². The normalized spacial score (nSPS) is 41.5. The number of fused-ring (bicyclic) bond motifs is 1. The average molecular weight is 252 g/mol. The molecule has 0 aromatic rings. The molecular formula is C14H24N2O2. The summed E-state index contributed by atoms with van der Waals surface area (Å²) in [6.45, 7) is 2.79. The molecule has 0 spiro atoms. The van der Waals surface area contributed by atoms with Crippen LogP contribution in [0, 0.1) is 11.8 Å². The Bertz CT molecular complexity index is 315. The number of carbonyl (C=O) groups is 1. The molecule has 3 rings (SSSR count). The van der Waals surface area contributed by atoms with Gasteiger partial charge in [-0.1, -0.05) is 12.8 Å². The second-order valence-electron chi connectivity index (χ2n) is 6.06. The molecular weight excluding hydrogens is 228 g/mol. The summed E-state index contributed by atoms with van der Waals surface area (Å²) >= 11 is 0. The quantitative estimate of drug-likeness (QED) is 0.804. The average Bonchev–Trinajstić information content (AvgIpc) is 3.06. The molecule has 0 aliphatic heterocycles. The molecule has 0 heterocycles. The first kappa shape index (κ1) is 12.3. The number of ether oxygens (including phenoxy) is 1.